The topological polar surface area (TPSA) is 41.1 Å². The second kappa shape index (κ2) is 5.46. The highest BCUT2D eigenvalue weighted by Gasteiger charge is 2.16. The van der Waals surface area contributed by atoms with Crippen LogP contribution in [0, 0.1) is 5.92 Å². The van der Waals surface area contributed by atoms with Gasteiger partial charge in [-0.2, -0.15) is 0 Å². The Bertz CT molecular complexity index is 377. The predicted molar refractivity (Wildman–Crippen MR) is 67.2 cm³/mol. The molecule has 0 saturated carbocycles. The summed E-state index contributed by atoms with van der Waals surface area (Å²) in [5.41, 5.74) is 1.04. The Kier molecular flexibility index (Phi) is 3.96. The zero-order valence-electron chi connectivity index (χ0n) is 9.00. The maximum absolute atomic E-state index is 11.6. The third kappa shape index (κ3) is 3.32. The first kappa shape index (κ1) is 11.6. The molecular weight excluding hydrogens is 268 g/mol. The van der Waals surface area contributed by atoms with Crippen molar-refractivity contribution in [3.63, 3.8) is 0 Å². The van der Waals surface area contributed by atoms with Crippen molar-refractivity contribution in [3.05, 3.63) is 34.3 Å². The fourth-order valence-corrected chi connectivity index (χ4v) is 2.09. The summed E-state index contributed by atoms with van der Waals surface area (Å²) in [5.74, 6) is 0.719. The average Bonchev–Trinajstić information content (AvgIpc) is 2.15. The number of benzene rings is 1. The zero-order chi connectivity index (χ0) is 11.4. The second-order valence-corrected chi connectivity index (χ2v) is 5.05. The van der Waals surface area contributed by atoms with Crippen molar-refractivity contribution in [3.8, 4) is 0 Å². The standard InChI is InChI=1S/C12H15BrN2O/c13-11-3-1-2-9(4-11)5-12(16)15-8-10-6-14-7-10/h1-4,10,14H,5-8H2,(H,15,16). The molecule has 0 radical (unpaired) electrons. The minimum atomic E-state index is 0.102. The molecule has 2 N–H and O–H groups in total. The molecule has 0 aromatic heterocycles. The van der Waals surface area contributed by atoms with Crippen LogP contribution in [0.3, 0.4) is 0 Å². The van der Waals surface area contributed by atoms with E-state index in [0.717, 1.165) is 29.7 Å². The Balaban J connectivity index is 1.77. The van der Waals surface area contributed by atoms with Gasteiger partial charge in [0.25, 0.3) is 0 Å². The summed E-state index contributed by atoms with van der Waals surface area (Å²) in [6, 6.07) is 7.85. The third-order valence-electron chi connectivity index (χ3n) is 2.71. The lowest BCUT2D eigenvalue weighted by molar-refractivity contribution is -0.120. The van der Waals surface area contributed by atoms with E-state index < -0.39 is 0 Å². The van der Waals surface area contributed by atoms with E-state index in [9.17, 15) is 4.79 Å². The first-order valence-electron chi connectivity index (χ1n) is 5.46. The van der Waals surface area contributed by atoms with Crippen molar-refractivity contribution in [1.29, 1.82) is 0 Å². The number of carbonyl (C=O) groups is 1. The summed E-state index contributed by atoms with van der Waals surface area (Å²) in [7, 11) is 0. The lowest BCUT2D eigenvalue weighted by Gasteiger charge is -2.27. The highest BCUT2D eigenvalue weighted by Crippen LogP contribution is 2.12. The van der Waals surface area contributed by atoms with Gasteiger partial charge in [-0.05, 0) is 17.7 Å². The minimum absolute atomic E-state index is 0.102. The van der Waals surface area contributed by atoms with Gasteiger partial charge in [0.1, 0.15) is 0 Å². The van der Waals surface area contributed by atoms with Crippen LogP contribution in [-0.2, 0) is 11.2 Å². The Morgan fingerprint density at radius 2 is 2.31 bits per heavy atom. The number of nitrogens with one attached hydrogen (secondary N) is 2. The van der Waals surface area contributed by atoms with E-state index in [-0.39, 0.29) is 5.91 Å². The van der Waals surface area contributed by atoms with Crippen LogP contribution in [-0.4, -0.2) is 25.5 Å². The van der Waals surface area contributed by atoms with E-state index in [1.807, 2.05) is 24.3 Å². The van der Waals surface area contributed by atoms with E-state index in [0.29, 0.717) is 12.3 Å². The Morgan fingerprint density at radius 1 is 1.50 bits per heavy atom. The van der Waals surface area contributed by atoms with Crippen molar-refractivity contribution in [2.45, 2.75) is 6.42 Å². The van der Waals surface area contributed by atoms with Crippen molar-refractivity contribution < 1.29 is 4.79 Å². The summed E-state index contributed by atoms with van der Waals surface area (Å²) in [4.78, 5) is 11.6. The molecular formula is C12H15BrN2O. The molecule has 1 saturated heterocycles. The van der Waals surface area contributed by atoms with Crippen LogP contribution in [0.25, 0.3) is 0 Å². The van der Waals surface area contributed by atoms with Crippen LogP contribution < -0.4 is 10.6 Å². The van der Waals surface area contributed by atoms with E-state index in [1.54, 1.807) is 0 Å². The van der Waals surface area contributed by atoms with Crippen molar-refractivity contribution in [2.24, 2.45) is 5.92 Å². The molecule has 4 heteroatoms. The SMILES string of the molecule is O=C(Cc1cccc(Br)c1)NCC1CNC1. The molecule has 3 nitrogen and oxygen atoms in total. The molecule has 0 atom stereocenters. The van der Waals surface area contributed by atoms with E-state index in [2.05, 4.69) is 26.6 Å². The van der Waals surface area contributed by atoms with Crippen LogP contribution in [0.2, 0.25) is 0 Å². The van der Waals surface area contributed by atoms with Gasteiger partial charge in [0, 0.05) is 30.0 Å². The highest BCUT2D eigenvalue weighted by molar-refractivity contribution is 9.10. The number of halogens is 1. The molecule has 0 bridgehead atoms. The van der Waals surface area contributed by atoms with Gasteiger partial charge in [-0.15, -0.1) is 0 Å². The fraction of sp³-hybridized carbons (Fsp3) is 0.417. The summed E-state index contributed by atoms with van der Waals surface area (Å²) in [5, 5.41) is 6.14. The Labute approximate surface area is 104 Å². The molecule has 1 aliphatic rings. The predicted octanol–water partition coefficient (Wildman–Crippen LogP) is 1.33. The van der Waals surface area contributed by atoms with Gasteiger partial charge < -0.3 is 10.6 Å². The number of carbonyl (C=O) groups excluding carboxylic acids is 1. The molecule has 1 aromatic carbocycles. The molecule has 1 heterocycles. The molecule has 16 heavy (non-hydrogen) atoms. The zero-order valence-corrected chi connectivity index (χ0v) is 10.6. The molecule has 1 amide bonds. The number of hydrogen-bond donors (Lipinski definition) is 2. The largest absolute Gasteiger partial charge is 0.355 e. The molecule has 0 aliphatic carbocycles. The molecule has 2 rings (SSSR count). The van der Waals surface area contributed by atoms with Gasteiger partial charge in [-0.25, -0.2) is 0 Å². The van der Waals surface area contributed by atoms with Crippen molar-refractivity contribution in [1.82, 2.24) is 10.6 Å². The molecule has 0 spiro atoms. The smallest absolute Gasteiger partial charge is 0.224 e. The molecule has 86 valence electrons. The number of hydrogen-bond acceptors (Lipinski definition) is 2. The monoisotopic (exact) mass is 282 g/mol. The molecule has 1 fully saturated rings. The Morgan fingerprint density at radius 3 is 2.94 bits per heavy atom. The highest BCUT2D eigenvalue weighted by atomic mass is 79.9. The Hall–Kier alpha value is -0.870. The van der Waals surface area contributed by atoms with Gasteiger partial charge in [0.2, 0.25) is 5.91 Å². The van der Waals surface area contributed by atoms with E-state index in [4.69, 9.17) is 0 Å². The number of rotatable bonds is 4. The summed E-state index contributed by atoms with van der Waals surface area (Å²) in [6.07, 6.45) is 0.458. The lowest BCUT2D eigenvalue weighted by Crippen LogP contribution is -2.48. The van der Waals surface area contributed by atoms with Crippen LogP contribution in [0.15, 0.2) is 28.7 Å². The van der Waals surface area contributed by atoms with Gasteiger partial charge in [0.15, 0.2) is 0 Å². The third-order valence-corrected chi connectivity index (χ3v) is 3.20. The molecule has 1 aromatic rings. The minimum Gasteiger partial charge on any atom is -0.355 e. The van der Waals surface area contributed by atoms with Gasteiger partial charge >= 0.3 is 0 Å². The second-order valence-electron chi connectivity index (χ2n) is 4.14. The van der Waals surface area contributed by atoms with Gasteiger partial charge in [-0.1, -0.05) is 28.1 Å². The maximum Gasteiger partial charge on any atom is 0.224 e. The van der Waals surface area contributed by atoms with Crippen LogP contribution >= 0.6 is 15.9 Å². The van der Waals surface area contributed by atoms with Crippen LogP contribution in [0.1, 0.15) is 5.56 Å². The van der Waals surface area contributed by atoms with Crippen molar-refractivity contribution in [2.75, 3.05) is 19.6 Å². The van der Waals surface area contributed by atoms with Gasteiger partial charge in [-0.3, -0.25) is 4.79 Å². The first-order chi connectivity index (χ1) is 7.74. The summed E-state index contributed by atoms with van der Waals surface area (Å²) in [6.45, 7) is 2.84. The fourth-order valence-electron chi connectivity index (χ4n) is 1.65. The van der Waals surface area contributed by atoms with Crippen LogP contribution in [0.4, 0.5) is 0 Å². The molecule has 1 aliphatic heterocycles. The normalized spacial score (nSPS) is 15.6. The summed E-state index contributed by atoms with van der Waals surface area (Å²) < 4.78 is 1.01. The molecule has 0 unspecified atom stereocenters. The van der Waals surface area contributed by atoms with Crippen molar-refractivity contribution >= 4 is 21.8 Å². The van der Waals surface area contributed by atoms with Gasteiger partial charge in [0.05, 0.1) is 6.42 Å². The van der Waals surface area contributed by atoms with E-state index >= 15 is 0 Å². The average molecular weight is 283 g/mol. The quantitative estimate of drug-likeness (QED) is 0.875. The number of amides is 1. The summed E-state index contributed by atoms with van der Waals surface area (Å²) >= 11 is 3.39. The van der Waals surface area contributed by atoms with Crippen LogP contribution in [0.5, 0.6) is 0 Å². The first-order valence-corrected chi connectivity index (χ1v) is 6.25. The van der Waals surface area contributed by atoms with E-state index in [1.165, 1.54) is 0 Å². The lowest BCUT2D eigenvalue weighted by atomic mass is 10.0. The maximum atomic E-state index is 11.6.